The van der Waals surface area contributed by atoms with Gasteiger partial charge in [-0.3, -0.25) is 14.4 Å². The zero-order chi connectivity index (χ0) is 25.3. The smallest absolute Gasteiger partial charge is 0.341 e. The second-order valence-electron chi connectivity index (χ2n) is 7.64. The molecule has 1 aliphatic rings. The number of imide groups is 1. The first-order valence-corrected chi connectivity index (χ1v) is 11.3. The molecule has 4 rings (SSSR count). The summed E-state index contributed by atoms with van der Waals surface area (Å²) in [5.74, 6) is -2.84. The Hall–Kier alpha value is -4.31. The molecule has 10 heteroatoms. The maximum Gasteiger partial charge on any atom is 0.341 e. The van der Waals surface area contributed by atoms with E-state index in [1.807, 2.05) is 6.92 Å². The van der Waals surface area contributed by atoms with Crippen LogP contribution in [0.15, 0.2) is 48.5 Å². The summed E-state index contributed by atoms with van der Waals surface area (Å²) in [5, 5.41) is 2.90. The molecule has 1 aliphatic heterocycles. The van der Waals surface area contributed by atoms with Crippen molar-refractivity contribution in [2.75, 3.05) is 23.9 Å². The van der Waals surface area contributed by atoms with Gasteiger partial charge in [-0.05, 0) is 55.8 Å². The molecule has 3 amide bonds. The Morgan fingerprint density at radius 1 is 0.914 bits per heavy atom. The third-order valence-corrected chi connectivity index (χ3v) is 6.64. The van der Waals surface area contributed by atoms with Crippen LogP contribution in [0.4, 0.5) is 10.7 Å². The maximum atomic E-state index is 12.6. The number of rotatable bonds is 6. The van der Waals surface area contributed by atoms with Gasteiger partial charge in [0.05, 0.1) is 35.1 Å². The highest BCUT2D eigenvalue weighted by Crippen LogP contribution is 2.33. The van der Waals surface area contributed by atoms with E-state index in [1.54, 1.807) is 31.2 Å². The number of nitrogens with one attached hydrogen (secondary N) is 1. The largest absolute Gasteiger partial charge is 0.465 e. The normalized spacial score (nSPS) is 12.4. The molecule has 0 atom stereocenters. The van der Waals surface area contributed by atoms with Crippen LogP contribution in [0.2, 0.25) is 0 Å². The number of benzene rings is 2. The number of ether oxygens (including phenoxy) is 2. The summed E-state index contributed by atoms with van der Waals surface area (Å²) in [6.07, 6.45) is 0. The molecule has 9 nitrogen and oxygen atoms in total. The Labute approximate surface area is 204 Å². The first-order chi connectivity index (χ1) is 16.7. The molecule has 1 N–H and O–H groups in total. The SMILES string of the molecule is COC(=O)c1c(NC(=O)COC(=O)c2ccc(N3C(=O)c4ccccc4C3=O)cc2)sc(C)c1C. The molecule has 2 heterocycles. The molecule has 3 aromatic rings. The lowest BCUT2D eigenvalue weighted by atomic mass is 10.1. The van der Waals surface area contributed by atoms with Crippen LogP contribution in [0.3, 0.4) is 0 Å². The zero-order valence-electron chi connectivity index (χ0n) is 19.0. The van der Waals surface area contributed by atoms with Crippen molar-refractivity contribution in [3.8, 4) is 0 Å². The third-order valence-electron chi connectivity index (χ3n) is 5.52. The molecule has 0 saturated heterocycles. The van der Waals surface area contributed by atoms with Gasteiger partial charge >= 0.3 is 11.9 Å². The van der Waals surface area contributed by atoms with Gasteiger partial charge in [-0.1, -0.05) is 12.1 Å². The Morgan fingerprint density at radius 3 is 2.09 bits per heavy atom. The molecule has 0 saturated carbocycles. The Bertz CT molecular complexity index is 1340. The fourth-order valence-corrected chi connectivity index (χ4v) is 4.68. The van der Waals surface area contributed by atoms with Crippen LogP contribution >= 0.6 is 11.3 Å². The Balaban J connectivity index is 1.39. The van der Waals surface area contributed by atoms with Crippen molar-refractivity contribution in [3.63, 3.8) is 0 Å². The van der Waals surface area contributed by atoms with E-state index in [0.717, 1.165) is 9.78 Å². The second-order valence-corrected chi connectivity index (χ2v) is 8.87. The van der Waals surface area contributed by atoms with Gasteiger partial charge in [-0.25, -0.2) is 14.5 Å². The Kier molecular flexibility index (Phi) is 6.48. The average Bonchev–Trinajstić information content (AvgIpc) is 3.28. The molecule has 0 unspecified atom stereocenters. The second kappa shape index (κ2) is 9.51. The van der Waals surface area contributed by atoms with Crippen LogP contribution in [0.1, 0.15) is 51.9 Å². The van der Waals surface area contributed by atoms with Gasteiger partial charge in [0, 0.05) is 4.88 Å². The van der Waals surface area contributed by atoms with Crippen LogP contribution in [-0.4, -0.2) is 43.4 Å². The van der Waals surface area contributed by atoms with E-state index in [4.69, 9.17) is 9.47 Å². The molecule has 178 valence electrons. The standard InChI is InChI=1S/C25H20N2O7S/c1-13-14(2)35-21(20(13)25(32)33-3)26-19(28)12-34-24(31)15-8-10-16(11-9-15)27-22(29)17-6-4-5-7-18(17)23(27)30/h4-11H,12H2,1-3H3,(H,26,28). The van der Waals surface area contributed by atoms with Gasteiger partial charge in [-0.15, -0.1) is 11.3 Å². The summed E-state index contributed by atoms with van der Waals surface area (Å²) in [6, 6.07) is 12.2. The van der Waals surface area contributed by atoms with Crippen LogP contribution in [0, 0.1) is 13.8 Å². The number of anilines is 2. The highest BCUT2D eigenvalue weighted by atomic mass is 32.1. The van der Waals surface area contributed by atoms with Crippen LogP contribution in [0.25, 0.3) is 0 Å². The fourth-order valence-electron chi connectivity index (χ4n) is 3.61. The molecule has 35 heavy (non-hydrogen) atoms. The van der Waals surface area contributed by atoms with Gasteiger partial charge < -0.3 is 14.8 Å². The number of hydrogen-bond acceptors (Lipinski definition) is 8. The first kappa shape index (κ1) is 23.8. The lowest BCUT2D eigenvalue weighted by Gasteiger charge is -2.14. The molecule has 2 aromatic carbocycles. The number of carbonyl (C=O) groups excluding carboxylic acids is 5. The summed E-state index contributed by atoms with van der Waals surface area (Å²) in [6.45, 7) is 2.99. The van der Waals surface area contributed by atoms with Crippen molar-refractivity contribution < 1.29 is 33.4 Å². The summed E-state index contributed by atoms with van der Waals surface area (Å²) in [4.78, 5) is 63.8. The molecule has 1 aromatic heterocycles. The highest BCUT2D eigenvalue weighted by molar-refractivity contribution is 7.16. The van der Waals surface area contributed by atoms with Crippen molar-refractivity contribution >= 4 is 51.7 Å². The minimum Gasteiger partial charge on any atom is -0.465 e. The summed E-state index contributed by atoms with van der Waals surface area (Å²) in [5.41, 5.74) is 2.04. The van der Waals surface area contributed by atoms with Gasteiger partial charge in [0.1, 0.15) is 5.00 Å². The number of carbonyl (C=O) groups is 5. The molecule has 0 radical (unpaired) electrons. The lowest BCUT2D eigenvalue weighted by Crippen LogP contribution is -2.29. The van der Waals surface area contributed by atoms with Gasteiger partial charge in [0.25, 0.3) is 17.7 Å². The number of esters is 2. The summed E-state index contributed by atoms with van der Waals surface area (Å²) in [7, 11) is 1.25. The van der Waals surface area contributed by atoms with E-state index in [2.05, 4.69) is 5.32 Å². The number of thiophene rings is 1. The van der Waals surface area contributed by atoms with Crippen LogP contribution in [0.5, 0.6) is 0 Å². The number of amides is 3. The molecule has 0 bridgehead atoms. The monoisotopic (exact) mass is 492 g/mol. The minimum absolute atomic E-state index is 0.135. The number of fused-ring (bicyclic) bond motifs is 1. The highest BCUT2D eigenvalue weighted by Gasteiger charge is 2.36. The number of aryl methyl sites for hydroxylation is 1. The Morgan fingerprint density at radius 2 is 1.51 bits per heavy atom. The predicted molar refractivity (Wildman–Crippen MR) is 128 cm³/mol. The quantitative estimate of drug-likeness (QED) is 0.411. The van der Waals surface area contributed by atoms with E-state index in [9.17, 15) is 24.0 Å². The van der Waals surface area contributed by atoms with E-state index < -0.39 is 36.3 Å². The van der Waals surface area contributed by atoms with Gasteiger partial charge in [-0.2, -0.15) is 0 Å². The van der Waals surface area contributed by atoms with Crippen molar-refractivity contribution in [3.05, 3.63) is 81.2 Å². The number of nitrogens with zero attached hydrogens (tertiary/aromatic N) is 1. The van der Waals surface area contributed by atoms with E-state index in [0.29, 0.717) is 27.4 Å². The van der Waals surface area contributed by atoms with Crippen LogP contribution < -0.4 is 10.2 Å². The van der Waals surface area contributed by atoms with E-state index in [1.165, 1.54) is 42.7 Å². The first-order valence-electron chi connectivity index (χ1n) is 10.5. The van der Waals surface area contributed by atoms with E-state index in [-0.39, 0.29) is 11.1 Å². The molecule has 0 spiro atoms. The minimum atomic E-state index is -0.763. The summed E-state index contributed by atoms with van der Waals surface area (Å²) < 4.78 is 9.85. The lowest BCUT2D eigenvalue weighted by molar-refractivity contribution is -0.119. The molecular weight excluding hydrogens is 472 g/mol. The van der Waals surface area contributed by atoms with Crippen molar-refractivity contribution in [1.82, 2.24) is 0 Å². The molecule has 0 fully saturated rings. The van der Waals surface area contributed by atoms with Crippen molar-refractivity contribution in [1.29, 1.82) is 0 Å². The topological polar surface area (TPSA) is 119 Å². The molecule has 0 aliphatic carbocycles. The third kappa shape index (κ3) is 4.43. The van der Waals surface area contributed by atoms with Crippen molar-refractivity contribution in [2.45, 2.75) is 13.8 Å². The van der Waals surface area contributed by atoms with E-state index >= 15 is 0 Å². The fraction of sp³-hybridized carbons (Fsp3) is 0.160. The average molecular weight is 493 g/mol. The van der Waals surface area contributed by atoms with Crippen LogP contribution in [-0.2, 0) is 14.3 Å². The summed E-state index contributed by atoms with van der Waals surface area (Å²) >= 11 is 1.22. The number of methoxy groups -OCH3 is 1. The van der Waals surface area contributed by atoms with Gasteiger partial charge in [0.15, 0.2) is 6.61 Å². The van der Waals surface area contributed by atoms with Crippen molar-refractivity contribution in [2.24, 2.45) is 0 Å². The zero-order valence-corrected chi connectivity index (χ0v) is 19.9. The number of hydrogen-bond donors (Lipinski definition) is 1. The maximum absolute atomic E-state index is 12.6. The predicted octanol–water partition coefficient (Wildman–Crippen LogP) is 3.75. The van der Waals surface area contributed by atoms with Gasteiger partial charge in [0.2, 0.25) is 0 Å². The molecular formula is C25H20N2O7S.